The van der Waals surface area contributed by atoms with Gasteiger partial charge in [0.1, 0.15) is 0 Å². The molecule has 0 aliphatic carbocycles. The third-order valence-corrected chi connectivity index (χ3v) is 3.64. The molecule has 8 heteroatoms. The lowest BCUT2D eigenvalue weighted by Gasteiger charge is -2.56. The summed E-state index contributed by atoms with van der Waals surface area (Å²) in [7, 11) is 1.52. The minimum atomic E-state index is -5.07. The van der Waals surface area contributed by atoms with Crippen LogP contribution in [0.15, 0.2) is 0 Å². The Kier molecular flexibility index (Phi) is 3.00. The number of ether oxygens (including phenoxy) is 1. The van der Waals surface area contributed by atoms with Gasteiger partial charge in [-0.2, -0.15) is 13.2 Å². The molecule has 1 spiro atoms. The summed E-state index contributed by atoms with van der Waals surface area (Å²) in [6.07, 6.45) is -5.42. The van der Waals surface area contributed by atoms with Gasteiger partial charge in [-0.25, -0.2) is 4.79 Å². The SMILES string of the molecule is CN1C(=O)C(OC(=O)C(F)(F)F)C12CCNCC2. The molecule has 2 heterocycles. The second-order valence-corrected chi connectivity index (χ2v) is 4.53. The first-order valence-electron chi connectivity index (χ1n) is 5.55. The standard InChI is InChI=1S/C10H13F3N2O3/c1-15-7(16)6(18-8(17)10(11,12)13)9(15)2-4-14-5-3-9/h6,14H,2-5H2,1H3. The molecule has 1 amide bonds. The molecule has 2 fully saturated rings. The van der Waals surface area contributed by atoms with Crippen LogP contribution in [0, 0.1) is 0 Å². The summed E-state index contributed by atoms with van der Waals surface area (Å²) in [6, 6.07) is 0. The molecule has 1 atom stereocenters. The van der Waals surface area contributed by atoms with E-state index in [0.717, 1.165) is 0 Å². The lowest BCUT2D eigenvalue weighted by molar-refractivity contribution is -0.227. The van der Waals surface area contributed by atoms with E-state index in [1.165, 1.54) is 11.9 Å². The van der Waals surface area contributed by atoms with Crippen LogP contribution in [-0.4, -0.2) is 54.7 Å². The highest BCUT2D eigenvalue weighted by Gasteiger charge is 2.62. The molecule has 1 unspecified atom stereocenters. The summed E-state index contributed by atoms with van der Waals surface area (Å²) in [5, 5.41) is 3.05. The maximum absolute atomic E-state index is 12.1. The van der Waals surface area contributed by atoms with Crippen molar-refractivity contribution in [3.05, 3.63) is 0 Å². The number of piperidine rings is 1. The minimum absolute atomic E-state index is 0.477. The van der Waals surface area contributed by atoms with E-state index < -0.39 is 29.7 Å². The number of carbonyl (C=O) groups excluding carboxylic acids is 2. The zero-order valence-electron chi connectivity index (χ0n) is 9.71. The minimum Gasteiger partial charge on any atom is -0.443 e. The molecular weight excluding hydrogens is 253 g/mol. The molecule has 0 bridgehead atoms. The van der Waals surface area contributed by atoms with Gasteiger partial charge < -0.3 is 15.0 Å². The lowest BCUT2D eigenvalue weighted by atomic mass is 9.74. The molecular formula is C10H13F3N2O3. The Balaban J connectivity index is 2.11. The zero-order valence-corrected chi connectivity index (χ0v) is 9.71. The van der Waals surface area contributed by atoms with Crippen LogP contribution in [0.3, 0.4) is 0 Å². The summed E-state index contributed by atoms with van der Waals surface area (Å²) in [6.45, 7) is 1.16. The Labute approximate surface area is 101 Å². The van der Waals surface area contributed by atoms with E-state index in [-0.39, 0.29) is 0 Å². The van der Waals surface area contributed by atoms with E-state index in [1.54, 1.807) is 0 Å². The molecule has 2 rings (SSSR count). The van der Waals surface area contributed by atoms with Crippen LogP contribution >= 0.6 is 0 Å². The van der Waals surface area contributed by atoms with Gasteiger partial charge in [-0.15, -0.1) is 0 Å². The fourth-order valence-corrected chi connectivity index (χ4v) is 2.53. The van der Waals surface area contributed by atoms with Crippen molar-refractivity contribution in [3.63, 3.8) is 0 Å². The summed E-state index contributed by atoms with van der Waals surface area (Å²) >= 11 is 0. The molecule has 2 aliphatic heterocycles. The van der Waals surface area contributed by atoms with Crippen molar-refractivity contribution >= 4 is 11.9 Å². The predicted octanol–water partition coefficient (Wildman–Crippen LogP) is 0.0547. The van der Waals surface area contributed by atoms with Crippen LogP contribution in [-0.2, 0) is 14.3 Å². The number of likely N-dealkylation sites (tertiary alicyclic amines) is 1. The topological polar surface area (TPSA) is 58.6 Å². The smallest absolute Gasteiger partial charge is 0.443 e. The number of hydrogen-bond donors (Lipinski definition) is 1. The van der Waals surface area contributed by atoms with Crippen molar-refractivity contribution < 1.29 is 27.5 Å². The van der Waals surface area contributed by atoms with Crippen molar-refractivity contribution in [3.8, 4) is 0 Å². The highest BCUT2D eigenvalue weighted by Crippen LogP contribution is 2.41. The number of nitrogens with zero attached hydrogens (tertiary/aromatic N) is 1. The average molecular weight is 266 g/mol. The normalized spacial score (nSPS) is 27.0. The van der Waals surface area contributed by atoms with Gasteiger partial charge >= 0.3 is 12.1 Å². The van der Waals surface area contributed by atoms with Gasteiger partial charge in [0, 0.05) is 7.05 Å². The number of esters is 1. The van der Waals surface area contributed by atoms with Crippen molar-refractivity contribution in [2.24, 2.45) is 0 Å². The third kappa shape index (κ3) is 1.84. The number of alkyl halides is 3. The van der Waals surface area contributed by atoms with Crippen molar-refractivity contribution in [1.82, 2.24) is 10.2 Å². The first-order chi connectivity index (χ1) is 8.29. The van der Waals surface area contributed by atoms with Gasteiger partial charge in [0.2, 0.25) is 6.10 Å². The quantitative estimate of drug-likeness (QED) is 0.538. The van der Waals surface area contributed by atoms with Crippen molar-refractivity contribution in [2.75, 3.05) is 20.1 Å². The molecule has 0 aromatic rings. The number of β-lactam (4-membered cyclic amide) rings is 1. The Hall–Kier alpha value is -1.31. The van der Waals surface area contributed by atoms with Crippen LogP contribution < -0.4 is 5.32 Å². The van der Waals surface area contributed by atoms with E-state index in [0.29, 0.717) is 25.9 Å². The highest BCUT2D eigenvalue weighted by molar-refractivity contribution is 5.92. The van der Waals surface area contributed by atoms with Gasteiger partial charge in [-0.3, -0.25) is 4.79 Å². The van der Waals surface area contributed by atoms with Crippen LogP contribution in [0.25, 0.3) is 0 Å². The van der Waals surface area contributed by atoms with Gasteiger partial charge in [-0.1, -0.05) is 0 Å². The van der Waals surface area contributed by atoms with Crippen LogP contribution in [0.1, 0.15) is 12.8 Å². The number of nitrogens with one attached hydrogen (secondary N) is 1. The first-order valence-corrected chi connectivity index (χ1v) is 5.55. The maximum Gasteiger partial charge on any atom is 0.490 e. The molecule has 0 aromatic heterocycles. The van der Waals surface area contributed by atoms with Crippen LogP contribution in [0.4, 0.5) is 13.2 Å². The van der Waals surface area contributed by atoms with Crippen molar-refractivity contribution in [2.45, 2.75) is 30.7 Å². The van der Waals surface area contributed by atoms with E-state index in [2.05, 4.69) is 10.1 Å². The molecule has 5 nitrogen and oxygen atoms in total. The maximum atomic E-state index is 12.1. The van der Waals surface area contributed by atoms with Crippen LogP contribution in [0.5, 0.6) is 0 Å². The lowest BCUT2D eigenvalue weighted by Crippen LogP contribution is -2.76. The molecule has 0 aromatic carbocycles. The number of halogens is 3. The average Bonchev–Trinajstić information content (AvgIpc) is 2.34. The van der Waals surface area contributed by atoms with E-state index in [4.69, 9.17) is 0 Å². The Morgan fingerprint density at radius 3 is 2.50 bits per heavy atom. The summed E-state index contributed by atoms with van der Waals surface area (Å²) in [5.41, 5.74) is -0.775. The zero-order chi connectivity index (χ0) is 13.6. The second kappa shape index (κ2) is 4.11. The van der Waals surface area contributed by atoms with Gasteiger partial charge in [0.25, 0.3) is 5.91 Å². The number of likely N-dealkylation sites (N-methyl/N-ethyl adjacent to an activating group) is 1. The Bertz CT molecular complexity index is 377. The second-order valence-electron chi connectivity index (χ2n) is 4.53. The Morgan fingerprint density at radius 1 is 1.44 bits per heavy atom. The van der Waals surface area contributed by atoms with Gasteiger partial charge in [0.05, 0.1) is 5.54 Å². The van der Waals surface area contributed by atoms with E-state index in [1.807, 2.05) is 0 Å². The fourth-order valence-electron chi connectivity index (χ4n) is 2.53. The molecule has 2 saturated heterocycles. The molecule has 1 N–H and O–H groups in total. The summed E-state index contributed by atoms with van der Waals surface area (Å²) in [4.78, 5) is 23.7. The van der Waals surface area contributed by atoms with Gasteiger partial charge in [-0.05, 0) is 25.9 Å². The molecule has 102 valence electrons. The Morgan fingerprint density at radius 2 is 2.00 bits per heavy atom. The summed E-state index contributed by atoms with van der Waals surface area (Å²) in [5.74, 6) is -2.87. The highest BCUT2D eigenvalue weighted by atomic mass is 19.4. The number of hydrogen-bond acceptors (Lipinski definition) is 4. The van der Waals surface area contributed by atoms with E-state index in [9.17, 15) is 22.8 Å². The first kappa shape index (κ1) is 13.1. The van der Waals surface area contributed by atoms with Crippen LogP contribution in [0.2, 0.25) is 0 Å². The summed E-state index contributed by atoms with van der Waals surface area (Å²) < 4.78 is 40.8. The van der Waals surface area contributed by atoms with Crippen molar-refractivity contribution in [1.29, 1.82) is 0 Å². The number of carbonyl (C=O) groups is 2. The van der Waals surface area contributed by atoms with Gasteiger partial charge in [0.15, 0.2) is 0 Å². The monoisotopic (exact) mass is 266 g/mol. The predicted molar refractivity (Wildman–Crippen MR) is 53.5 cm³/mol. The molecule has 0 radical (unpaired) electrons. The fraction of sp³-hybridized carbons (Fsp3) is 0.800. The molecule has 2 aliphatic rings. The molecule has 0 saturated carbocycles. The number of rotatable bonds is 1. The van der Waals surface area contributed by atoms with E-state index >= 15 is 0 Å². The third-order valence-electron chi connectivity index (χ3n) is 3.64. The molecule has 18 heavy (non-hydrogen) atoms. The largest absolute Gasteiger partial charge is 0.490 e. The number of amides is 1.